The van der Waals surface area contributed by atoms with Gasteiger partial charge in [0.25, 0.3) is 0 Å². The van der Waals surface area contributed by atoms with Crippen molar-refractivity contribution in [3.63, 3.8) is 0 Å². The molecule has 2 rings (SSSR count). The number of amides is 5. The molecule has 16 heteroatoms. The fraction of sp³-hybridized carbons (Fsp3) is 0.774. The van der Waals surface area contributed by atoms with Gasteiger partial charge in [-0.3, -0.25) is 24.0 Å². The molecule has 2 heterocycles. The highest BCUT2D eigenvalue weighted by Crippen LogP contribution is 2.29. The third-order valence-electron chi connectivity index (χ3n) is 9.25. The Morgan fingerprint density at radius 1 is 1.11 bits per heavy atom. The van der Waals surface area contributed by atoms with Gasteiger partial charge < -0.3 is 40.5 Å². The average Bonchev–Trinajstić information content (AvgIpc) is 3.77. The number of methoxy groups -OCH3 is 2. The van der Waals surface area contributed by atoms with E-state index in [1.54, 1.807) is 44.7 Å². The molecule has 0 saturated carbocycles. The Bertz CT molecular complexity index is 1180. The number of hydrogen-bond donors (Lipinski definition) is 5. The van der Waals surface area contributed by atoms with Crippen LogP contribution in [0.4, 0.5) is 0 Å². The van der Waals surface area contributed by atoms with Gasteiger partial charge in [0.05, 0.1) is 68.0 Å². The average molecular weight is 666 g/mol. The summed E-state index contributed by atoms with van der Waals surface area (Å²) in [5, 5.41) is 20.9. The number of ether oxygens (including phenoxy) is 2. The second-order valence-corrected chi connectivity index (χ2v) is 12.7. The first-order chi connectivity index (χ1) is 22.2. The van der Waals surface area contributed by atoms with E-state index in [1.807, 2.05) is 13.8 Å². The van der Waals surface area contributed by atoms with Gasteiger partial charge in [0.2, 0.25) is 29.5 Å². The maximum absolute atomic E-state index is 13.8. The molecular formula is C31H55N9O7. The molecule has 0 aromatic carbocycles. The zero-order valence-electron chi connectivity index (χ0n) is 29.3. The number of likely N-dealkylation sites (tertiary alicyclic amines) is 1. The molecule has 16 nitrogen and oxygen atoms in total. The predicted molar refractivity (Wildman–Crippen MR) is 174 cm³/mol. The van der Waals surface area contributed by atoms with Crippen molar-refractivity contribution in [1.29, 1.82) is 0 Å². The second kappa shape index (κ2) is 18.6. The summed E-state index contributed by atoms with van der Waals surface area (Å²) in [6.07, 6.45) is 2.40. The van der Waals surface area contributed by atoms with Crippen molar-refractivity contribution < 1.29 is 33.4 Å². The van der Waals surface area contributed by atoms with Crippen LogP contribution < -0.4 is 21.3 Å². The van der Waals surface area contributed by atoms with Gasteiger partial charge in [-0.1, -0.05) is 27.2 Å². The molecule has 1 aliphatic heterocycles. The second-order valence-electron chi connectivity index (χ2n) is 12.7. The SMILES string of the molecule is CCC(C)C(C(CC(=O)N1CCCC1C(OC)C(C)C(=O)NCC(=O)NCc1cn[nH]n1)OC)N(C)C(=O)CNC(=O)C(C)(C)NC. The number of aromatic amines is 1. The number of carbonyl (C=O) groups excluding carboxylic acids is 5. The molecule has 47 heavy (non-hydrogen) atoms. The molecule has 6 atom stereocenters. The van der Waals surface area contributed by atoms with E-state index in [2.05, 4.69) is 36.7 Å². The first-order valence-electron chi connectivity index (χ1n) is 16.2. The maximum atomic E-state index is 13.8. The standard InChI is InChI=1S/C31H55N9O7/c1-10-19(2)27(39(7)26(43)18-35-30(45)31(4,5)32-6)23(46-8)14-25(42)40-13-11-12-22(40)28(47-9)20(3)29(44)34-17-24(41)33-15-21-16-36-38-37-21/h16,19-20,22-23,27-28,32H,10-15,17-18H2,1-9H3,(H,33,41)(H,34,44)(H,35,45)(H,36,37,38). The summed E-state index contributed by atoms with van der Waals surface area (Å²) in [7, 11) is 6.37. The zero-order chi connectivity index (χ0) is 35.3. The molecular weight excluding hydrogens is 610 g/mol. The van der Waals surface area contributed by atoms with Gasteiger partial charge in [-0.05, 0) is 39.7 Å². The summed E-state index contributed by atoms with van der Waals surface area (Å²) >= 11 is 0. The van der Waals surface area contributed by atoms with Gasteiger partial charge in [0.1, 0.15) is 5.69 Å². The fourth-order valence-corrected chi connectivity index (χ4v) is 5.83. The van der Waals surface area contributed by atoms with Gasteiger partial charge in [-0.2, -0.15) is 15.4 Å². The number of hydrogen-bond acceptors (Lipinski definition) is 10. The Labute approximate surface area is 277 Å². The van der Waals surface area contributed by atoms with Crippen molar-refractivity contribution in [1.82, 2.24) is 46.5 Å². The van der Waals surface area contributed by atoms with Gasteiger partial charge in [0, 0.05) is 27.8 Å². The van der Waals surface area contributed by atoms with E-state index in [1.165, 1.54) is 20.4 Å². The van der Waals surface area contributed by atoms with Crippen LogP contribution in [0.1, 0.15) is 66.0 Å². The normalized spacial score (nSPS) is 18.1. The number of rotatable bonds is 19. The summed E-state index contributed by atoms with van der Waals surface area (Å²) in [5.41, 5.74) is -0.278. The quantitative estimate of drug-likeness (QED) is 0.129. The van der Waals surface area contributed by atoms with E-state index in [4.69, 9.17) is 9.47 Å². The molecule has 1 saturated heterocycles. The number of nitrogens with zero attached hydrogens (tertiary/aromatic N) is 4. The van der Waals surface area contributed by atoms with Crippen molar-refractivity contribution in [2.24, 2.45) is 11.8 Å². The van der Waals surface area contributed by atoms with Crippen LogP contribution in [0.25, 0.3) is 0 Å². The third-order valence-corrected chi connectivity index (χ3v) is 9.25. The highest BCUT2D eigenvalue weighted by molar-refractivity contribution is 5.90. The minimum absolute atomic E-state index is 0.0101. The highest BCUT2D eigenvalue weighted by Gasteiger charge is 2.42. The lowest BCUT2D eigenvalue weighted by molar-refractivity contribution is -0.146. The van der Waals surface area contributed by atoms with E-state index in [9.17, 15) is 24.0 Å². The molecule has 1 aromatic heterocycles. The Kier molecular flexibility index (Phi) is 15.7. The van der Waals surface area contributed by atoms with Crippen LogP contribution in [0, 0.1) is 11.8 Å². The number of nitrogens with one attached hydrogen (secondary N) is 5. The van der Waals surface area contributed by atoms with Crippen molar-refractivity contribution in [3.05, 3.63) is 11.9 Å². The number of H-pyrrole nitrogens is 1. The van der Waals surface area contributed by atoms with Crippen LogP contribution in [0.2, 0.25) is 0 Å². The summed E-state index contributed by atoms with van der Waals surface area (Å²) in [5.74, 6) is -2.18. The van der Waals surface area contributed by atoms with E-state index >= 15 is 0 Å². The monoisotopic (exact) mass is 665 g/mol. The first kappa shape index (κ1) is 39.5. The van der Waals surface area contributed by atoms with Crippen LogP contribution in [-0.2, 0) is 40.0 Å². The molecule has 1 aliphatic rings. The van der Waals surface area contributed by atoms with Gasteiger partial charge in [-0.25, -0.2) is 0 Å². The van der Waals surface area contributed by atoms with Crippen LogP contribution in [-0.4, -0.2) is 133 Å². The molecule has 0 spiro atoms. The molecule has 0 bridgehead atoms. The Hall–Kier alpha value is -3.63. The third kappa shape index (κ3) is 11.0. The molecule has 0 aliphatic carbocycles. The van der Waals surface area contributed by atoms with E-state index < -0.39 is 29.7 Å². The lowest BCUT2D eigenvalue weighted by atomic mass is 9.90. The van der Waals surface area contributed by atoms with E-state index in [-0.39, 0.29) is 67.6 Å². The summed E-state index contributed by atoms with van der Waals surface area (Å²) < 4.78 is 11.6. The molecule has 0 radical (unpaired) electrons. The molecule has 6 unspecified atom stereocenters. The maximum Gasteiger partial charge on any atom is 0.242 e. The molecule has 5 N–H and O–H groups in total. The van der Waals surface area contributed by atoms with Crippen molar-refractivity contribution >= 4 is 29.5 Å². The van der Waals surface area contributed by atoms with Crippen LogP contribution in [0.3, 0.4) is 0 Å². The van der Waals surface area contributed by atoms with Crippen molar-refractivity contribution in [2.45, 2.75) is 96.7 Å². The van der Waals surface area contributed by atoms with E-state index in [0.29, 0.717) is 18.7 Å². The van der Waals surface area contributed by atoms with Gasteiger partial charge in [-0.15, -0.1) is 0 Å². The fourth-order valence-electron chi connectivity index (χ4n) is 5.83. The van der Waals surface area contributed by atoms with Gasteiger partial charge in [0.15, 0.2) is 0 Å². The van der Waals surface area contributed by atoms with Crippen molar-refractivity contribution in [2.75, 3.05) is 47.9 Å². The smallest absolute Gasteiger partial charge is 0.242 e. The predicted octanol–water partition coefficient (Wildman–Crippen LogP) is -0.428. The highest BCUT2D eigenvalue weighted by atomic mass is 16.5. The van der Waals surface area contributed by atoms with E-state index in [0.717, 1.165) is 12.8 Å². The zero-order valence-corrected chi connectivity index (χ0v) is 29.3. The topological polar surface area (TPSA) is 200 Å². The van der Waals surface area contributed by atoms with Gasteiger partial charge >= 0.3 is 0 Å². The first-order valence-corrected chi connectivity index (χ1v) is 16.2. The van der Waals surface area contributed by atoms with Crippen LogP contribution in [0.5, 0.6) is 0 Å². The lowest BCUT2D eigenvalue weighted by Gasteiger charge is -2.39. The minimum Gasteiger partial charge on any atom is -0.379 e. The minimum atomic E-state index is -0.839. The lowest BCUT2D eigenvalue weighted by Crippen LogP contribution is -2.56. The van der Waals surface area contributed by atoms with Crippen LogP contribution >= 0.6 is 0 Å². The Morgan fingerprint density at radius 2 is 1.81 bits per heavy atom. The summed E-state index contributed by atoms with van der Waals surface area (Å²) in [6, 6.07) is -0.797. The molecule has 1 fully saturated rings. The molecule has 5 amide bonds. The summed E-state index contributed by atoms with van der Waals surface area (Å²) in [4.78, 5) is 68.2. The van der Waals surface area contributed by atoms with Crippen LogP contribution in [0.15, 0.2) is 6.20 Å². The molecule has 1 aromatic rings. The molecule has 266 valence electrons. The Morgan fingerprint density at radius 3 is 2.38 bits per heavy atom. The number of likely N-dealkylation sites (N-methyl/N-ethyl adjacent to an activating group) is 2. The number of carbonyl (C=O) groups is 5. The largest absolute Gasteiger partial charge is 0.379 e. The summed E-state index contributed by atoms with van der Waals surface area (Å²) in [6.45, 7) is 9.43. The number of aromatic nitrogens is 3. The Balaban J connectivity index is 2.07. The van der Waals surface area contributed by atoms with Crippen molar-refractivity contribution in [3.8, 4) is 0 Å².